The van der Waals surface area contributed by atoms with Crippen molar-refractivity contribution in [2.75, 3.05) is 19.6 Å². The number of rotatable bonds is 7. The fraction of sp³-hybridized carbons (Fsp3) is 0.450. The quantitative estimate of drug-likeness (QED) is 0.524. The Bertz CT molecular complexity index is 736. The first-order chi connectivity index (χ1) is 12.3. The standard InChI is InChI=1S/C20H28FN3O2/c1-5-22-19(23-11-10-16-6-8-17(21)9-7-16)24-13-20(4,25)18-12-14(2)26-15(18)3/h6-9,12,25H,5,10-11,13H2,1-4H3,(H2,22,23,24). The Hall–Kier alpha value is -2.34. The fourth-order valence-corrected chi connectivity index (χ4v) is 2.80. The normalized spacial score (nSPS) is 14.2. The number of guanidine groups is 1. The van der Waals surface area contributed by atoms with Crippen molar-refractivity contribution < 1.29 is 13.9 Å². The van der Waals surface area contributed by atoms with Gasteiger partial charge in [-0.05, 0) is 57.9 Å². The van der Waals surface area contributed by atoms with Gasteiger partial charge in [-0.1, -0.05) is 12.1 Å². The minimum Gasteiger partial charge on any atom is -0.466 e. The van der Waals surface area contributed by atoms with Gasteiger partial charge in [0.2, 0.25) is 0 Å². The molecular formula is C20H28FN3O2. The van der Waals surface area contributed by atoms with E-state index in [0.717, 1.165) is 23.3 Å². The Morgan fingerprint density at radius 2 is 1.92 bits per heavy atom. The van der Waals surface area contributed by atoms with Crippen LogP contribution in [0.25, 0.3) is 0 Å². The Kier molecular flexibility index (Phi) is 6.80. The molecule has 0 saturated heterocycles. The molecule has 0 spiro atoms. The van der Waals surface area contributed by atoms with Crippen LogP contribution in [-0.4, -0.2) is 30.7 Å². The first kappa shape index (κ1) is 20.0. The minimum absolute atomic E-state index is 0.207. The van der Waals surface area contributed by atoms with Gasteiger partial charge >= 0.3 is 0 Å². The van der Waals surface area contributed by atoms with Crippen molar-refractivity contribution in [2.24, 2.45) is 4.99 Å². The lowest BCUT2D eigenvalue weighted by atomic mass is 9.96. The van der Waals surface area contributed by atoms with Gasteiger partial charge in [-0.2, -0.15) is 0 Å². The van der Waals surface area contributed by atoms with Crippen molar-refractivity contribution in [2.45, 2.75) is 39.7 Å². The van der Waals surface area contributed by atoms with E-state index in [9.17, 15) is 9.50 Å². The molecule has 2 rings (SSSR count). The molecule has 1 unspecified atom stereocenters. The molecule has 3 N–H and O–H groups in total. The Balaban J connectivity index is 1.96. The molecule has 1 aromatic carbocycles. The maximum atomic E-state index is 12.9. The van der Waals surface area contributed by atoms with Crippen LogP contribution in [0.1, 0.15) is 36.5 Å². The predicted octanol–water partition coefficient (Wildman–Crippen LogP) is 3.04. The molecular weight excluding hydrogens is 333 g/mol. The summed E-state index contributed by atoms with van der Waals surface area (Å²) in [7, 11) is 0. The highest BCUT2D eigenvalue weighted by Crippen LogP contribution is 2.27. The fourth-order valence-electron chi connectivity index (χ4n) is 2.80. The molecule has 0 amide bonds. The average Bonchev–Trinajstić information content (AvgIpc) is 2.94. The zero-order valence-electron chi connectivity index (χ0n) is 15.9. The Morgan fingerprint density at radius 1 is 1.23 bits per heavy atom. The highest BCUT2D eigenvalue weighted by molar-refractivity contribution is 5.79. The molecule has 0 radical (unpaired) electrons. The largest absolute Gasteiger partial charge is 0.466 e. The van der Waals surface area contributed by atoms with Gasteiger partial charge < -0.3 is 20.2 Å². The van der Waals surface area contributed by atoms with E-state index in [2.05, 4.69) is 15.6 Å². The monoisotopic (exact) mass is 361 g/mol. The van der Waals surface area contributed by atoms with Crippen molar-refractivity contribution >= 4 is 5.96 Å². The molecule has 1 aromatic heterocycles. The number of aliphatic hydroxyl groups is 1. The highest BCUT2D eigenvalue weighted by Gasteiger charge is 2.27. The SMILES string of the molecule is CCNC(=NCC(C)(O)c1cc(C)oc1C)NCCc1ccc(F)cc1. The minimum atomic E-state index is -1.11. The lowest BCUT2D eigenvalue weighted by molar-refractivity contribution is 0.0657. The van der Waals surface area contributed by atoms with Gasteiger partial charge in [0.1, 0.15) is 22.9 Å². The maximum absolute atomic E-state index is 12.9. The lowest BCUT2D eigenvalue weighted by Gasteiger charge is -2.21. The molecule has 0 bridgehead atoms. The average molecular weight is 361 g/mol. The highest BCUT2D eigenvalue weighted by atomic mass is 19.1. The Labute approximate surface area is 154 Å². The first-order valence-electron chi connectivity index (χ1n) is 8.88. The zero-order chi connectivity index (χ0) is 19.2. The molecule has 0 saturated carbocycles. The first-order valence-corrected chi connectivity index (χ1v) is 8.88. The summed E-state index contributed by atoms with van der Waals surface area (Å²) >= 11 is 0. The second-order valence-electron chi connectivity index (χ2n) is 6.60. The van der Waals surface area contributed by atoms with Gasteiger partial charge in [-0.3, -0.25) is 0 Å². The summed E-state index contributed by atoms with van der Waals surface area (Å²) in [5.41, 5.74) is 0.688. The molecule has 0 aliphatic heterocycles. The summed E-state index contributed by atoms with van der Waals surface area (Å²) < 4.78 is 18.5. The van der Waals surface area contributed by atoms with Crippen molar-refractivity contribution in [3.8, 4) is 0 Å². The summed E-state index contributed by atoms with van der Waals surface area (Å²) in [6, 6.07) is 8.31. The third kappa shape index (κ3) is 5.59. The van der Waals surface area contributed by atoms with Crippen LogP contribution in [-0.2, 0) is 12.0 Å². The molecule has 1 heterocycles. The second kappa shape index (κ2) is 8.85. The van der Waals surface area contributed by atoms with Gasteiger partial charge in [0.15, 0.2) is 5.96 Å². The molecule has 142 valence electrons. The van der Waals surface area contributed by atoms with E-state index >= 15 is 0 Å². The van der Waals surface area contributed by atoms with E-state index in [0.29, 0.717) is 24.8 Å². The van der Waals surface area contributed by atoms with Crippen LogP contribution in [0.3, 0.4) is 0 Å². The summed E-state index contributed by atoms with van der Waals surface area (Å²) in [5, 5.41) is 17.2. The topological polar surface area (TPSA) is 69.8 Å². The lowest BCUT2D eigenvalue weighted by Crippen LogP contribution is -2.39. The molecule has 6 heteroatoms. The van der Waals surface area contributed by atoms with Crippen LogP contribution < -0.4 is 10.6 Å². The number of nitrogens with zero attached hydrogens (tertiary/aromatic N) is 1. The Morgan fingerprint density at radius 3 is 2.50 bits per heavy atom. The van der Waals surface area contributed by atoms with Crippen LogP contribution in [0.5, 0.6) is 0 Å². The van der Waals surface area contributed by atoms with E-state index in [1.54, 1.807) is 19.1 Å². The summed E-state index contributed by atoms with van der Waals surface area (Å²) in [4.78, 5) is 4.50. The number of aryl methyl sites for hydroxylation is 2. The van der Waals surface area contributed by atoms with Crippen LogP contribution in [0.15, 0.2) is 39.7 Å². The van der Waals surface area contributed by atoms with Crippen LogP contribution in [0, 0.1) is 19.7 Å². The number of hydrogen-bond donors (Lipinski definition) is 3. The van der Waals surface area contributed by atoms with Crippen LogP contribution in [0.4, 0.5) is 4.39 Å². The molecule has 2 aromatic rings. The van der Waals surface area contributed by atoms with E-state index < -0.39 is 5.60 Å². The van der Waals surface area contributed by atoms with Gasteiger partial charge in [-0.15, -0.1) is 0 Å². The number of nitrogens with one attached hydrogen (secondary N) is 2. The van der Waals surface area contributed by atoms with Crippen molar-refractivity contribution in [3.05, 3.63) is 58.8 Å². The van der Waals surface area contributed by atoms with Crippen molar-refractivity contribution in [1.82, 2.24) is 10.6 Å². The molecule has 5 nitrogen and oxygen atoms in total. The predicted molar refractivity (Wildman–Crippen MR) is 102 cm³/mol. The number of halogens is 1. The maximum Gasteiger partial charge on any atom is 0.191 e. The van der Waals surface area contributed by atoms with E-state index in [1.165, 1.54) is 12.1 Å². The van der Waals surface area contributed by atoms with Gasteiger partial charge in [0, 0.05) is 18.7 Å². The van der Waals surface area contributed by atoms with Crippen molar-refractivity contribution in [3.63, 3.8) is 0 Å². The smallest absolute Gasteiger partial charge is 0.191 e. The number of benzene rings is 1. The second-order valence-corrected chi connectivity index (χ2v) is 6.60. The number of aliphatic imine (C=N–C) groups is 1. The molecule has 26 heavy (non-hydrogen) atoms. The van der Waals surface area contributed by atoms with Crippen LogP contribution in [0.2, 0.25) is 0 Å². The molecule has 0 aliphatic carbocycles. The molecule has 0 fully saturated rings. The van der Waals surface area contributed by atoms with Gasteiger partial charge in [0.25, 0.3) is 0 Å². The van der Waals surface area contributed by atoms with E-state index in [1.807, 2.05) is 26.8 Å². The zero-order valence-corrected chi connectivity index (χ0v) is 15.9. The summed E-state index contributed by atoms with van der Waals surface area (Å²) in [6.07, 6.45) is 0.751. The van der Waals surface area contributed by atoms with Gasteiger partial charge in [0.05, 0.1) is 6.54 Å². The van der Waals surface area contributed by atoms with E-state index in [-0.39, 0.29) is 12.4 Å². The number of furan rings is 1. The van der Waals surface area contributed by atoms with Crippen LogP contribution >= 0.6 is 0 Å². The third-order valence-electron chi connectivity index (χ3n) is 4.13. The number of hydrogen-bond acceptors (Lipinski definition) is 3. The molecule has 1 atom stereocenters. The summed E-state index contributed by atoms with van der Waals surface area (Å²) in [5.74, 6) is 1.87. The molecule has 0 aliphatic rings. The third-order valence-corrected chi connectivity index (χ3v) is 4.13. The van der Waals surface area contributed by atoms with Crippen molar-refractivity contribution in [1.29, 1.82) is 0 Å². The van der Waals surface area contributed by atoms with E-state index in [4.69, 9.17) is 4.42 Å². The summed E-state index contributed by atoms with van der Waals surface area (Å²) in [6.45, 7) is 8.99. The van der Waals surface area contributed by atoms with Gasteiger partial charge in [-0.25, -0.2) is 9.38 Å².